The third kappa shape index (κ3) is 2.28. The lowest BCUT2D eigenvalue weighted by Gasteiger charge is -2.32. The predicted octanol–water partition coefficient (Wildman–Crippen LogP) is 2.31. The molecule has 1 aromatic heterocycles. The lowest BCUT2D eigenvalue weighted by molar-refractivity contribution is 0.00578. The number of halogens is 1. The quantitative estimate of drug-likeness (QED) is 0.616. The van der Waals surface area contributed by atoms with Crippen LogP contribution in [-0.2, 0) is 9.31 Å². The Morgan fingerprint density at radius 1 is 1.21 bits per heavy atom. The zero-order chi connectivity index (χ0) is 13.8. The van der Waals surface area contributed by atoms with E-state index in [0.29, 0.717) is 16.5 Å². The van der Waals surface area contributed by atoms with Crippen molar-refractivity contribution in [1.29, 1.82) is 0 Å². The van der Waals surface area contributed by atoms with Crippen LogP contribution < -0.4 is 5.46 Å². The SMILES string of the molecule is CC1(C)OB(c2cnc(C3CC3)nc2Cl)OC1(C)C. The molecule has 2 heterocycles. The van der Waals surface area contributed by atoms with Gasteiger partial charge in [0, 0.05) is 17.6 Å². The molecule has 2 aliphatic rings. The summed E-state index contributed by atoms with van der Waals surface area (Å²) in [5, 5.41) is 0.440. The highest BCUT2D eigenvalue weighted by Crippen LogP contribution is 2.39. The van der Waals surface area contributed by atoms with E-state index in [1.165, 1.54) is 0 Å². The molecular weight excluding hydrogens is 262 g/mol. The van der Waals surface area contributed by atoms with Crippen LogP contribution in [0, 0.1) is 0 Å². The molecule has 1 saturated carbocycles. The average molecular weight is 281 g/mol. The summed E-state index contributed by atoms with van der Waals surface area (Å²) in [6.45, 7) is 8.06. The van der Waals surface area contributed by atoms with E-state index in [4.69, 9.17) is 20.9 Å². The molecule has 1 aliphatic carbocycles. The van der Waals surface area contributed by atoms with Crippen LogP contribution in [0.5, 0.6) is 0 Å². The molecule has 19 heavy (non-hydrogen) atoms. The predicted molar refractivity (Wildman–Crippen MR) is 74.7 cm³/mol. The summed E-state index contributed by atoms with van der Waals surface area (Å²) in [4.78, 5) is 8.76. The van der Waals surface area contributed by atoms with Gasteiger partial charge >= 0.3 is 7.12 Å². The van der Waals surface area contributed by atoms with Gasteiger partial charge in [-0.1, -0.05) is 11.6 Å². The van der Waals surface area contributed by atoms with Gasteiger partial charge in [0.1, 0.15) is 11.0 Å². The van der Waals surface area contributed by atoms with Gasteiger partial charge in [-0.3, -0.25) is 0 Å². The van der Waals surface area contributed by atoms with Gasteiger partial charge in [-0.25, -0.2) is 9.97 Å². The smallest absolute Gasteiger partial charge is 0.399 e. The molecule has 1 saturated heterocycles. The van der Waals surface area contributed by atoms with Gasteiger partial charge < -0.3 is 9.31 Å². The first kappa shape index (κ1) is 13.3. The fourth-order valence-electron chi connectivity index (χ4n) is 2.05. The molecule has 102 valence electrons. The fourth-order valence-corrected chi connectivity index (χ4v) is 2.27. The Hall–Kier alpha value is -0.645. The van der Waals surface area contributed by atoms with E-state index in [2.05, 4.69) is 9.97 Å². The Morgan fingerprint density at radius 3 is 2.26 bits per heavy atom. The molecule has 0 aromatic carbocycles. The fraction of sp³-hybridized carbons (Fsp3) is 0.692. The molecular formula is C13H18BClN2O2. The van der Waals surface area contributed by atoms with E-state index in [1.54, 1.807) is 6.20 Å². The minimum Gasteiger partial charge on any atom is -0.399 e. The minimum absolute atomic E-state index is 0.379. The molecule has 0 N–H and O–H groups in total. The number of nitrogens with zero attached hydrogens (tertiary/aromatic N) is 2. The Morgan fingerprint density at radius 2 is 1.79 bits per heavy atom. The first-order valence-electron chi connectivity index (χ1n) is 6.68. The van der Waals surface area contributed by atoms with Gasteiger partial charge in [0.2, 0.25) is 0 Å². The van der Waals surface area contributed by atoms with Crippen LogP contribution in [0.25, 0.3) is 0 Å². The van der Waals surface area contributed by atoms with Crippen LogP contribution in [0.3, 0.4) is 0 Å². The molecule has 3 rings (SSSR count). The maximum absolute atomic E-state index is 6.26. The maximum Gasteiger partial charge on any atom is 0.499 e. The molecule has 0 amide bonds. The summed E-state index contributed by atoms with van der Waals surface area (Å²) in [5.41, 5.74) is -0.0449. The van der Waals surface area contributed by atoms with E-state index < -0.39 is 7.12 Å². The van der Waals surface area contributed by atoms with Crippen LogP contribution in [0.4, 0.5) is 0 Å². The van der Waals surface area contributed by atoms with Crippen molar-refractivity contribution in [2.45, 2.75) is 57.7 Å². The molecule has 2 fully saturated rings. The van der Waals surface area contributed by atoms with E-state index in [9.17, 15) is 0 Å². The van der Waals surface area contributed by atoms with Crippen molar-refractivity contribution in [2.75, 3.05) is 0 Å². The van der Waals surface area contributed by atoms with E-state index in [0.717, 1.165) is 18.7 Å². The minimum atomic E-state index is -0.495. The van der Waals surface area contributed by atoms with Crippen molar-refractivity contribution in [2.24, 2.45) is 0 Å². The van der Waals surface area contributed by atoms with Crippen LogP contribution in [0.1, 0.15) is 52.3 Å². The van der Waals surface area contributed by atoms with Gasteiger partial charge in [0.15, 0.2) is 0 Å². The second kappa shape index (κ2) is 4.17. The highest BCUT2D eigenvalue weighted by molar-refractivity contribution is 6.65. The van der Waals surface area contributed by atoms with Crippen molar-refractivity contribution in [3.8, 4) is 0 Å². The summed E-state index contributed by atoms with van der Waals surface area (Å²) in [6.07, 6.45) is 4.06. The van der Waals surface area contributed by atoms with Crippen molar-refractivity contribution in [1.82, 2.24) is 9.97 Å². The van der Waals surface area contributed by atoms with Crippen molar-refractivity contribution >= 4 is 24.2 Å². The lowest BCUT2D eigenvalue weighted by Crippen LogP contribution is -2.41. The summed E-state index contributed by atoms with van der Waals surface area (Å²) >= 11 is 6.26. The van der Waals surface area contributed by atoms with Crippen LogP contribution in [0.15, 0.2) is 6.20 Å². The Kier molecular flexibility index (Phi) is 2.93. The topological polar surface area (TPSA) is 44.2 Å². The first-order valence-corrected chi connectivity index (χ1v) is 7.06. The number of hydrogen-bond acceptors (Lipinski definition) is 4. The van der Waals surface area contributed by atoms with E-state index in [1.807, 2.05) is 27.7 Å². The van der Waals surface area contributed by atoms with Gasteiger partial charge in [0.05, 0.1) is 11.2 Å². The lowest BCUT2D eigenvalue weighted by atomic mass is 9.81. The van der Waals surface area contributed by atoms with Gasteiger partial charge in [0.25, 0.3) is 0 Å². The second-order valence-corrected chi connectivity index (χ2v) is 6.69. The van der Waals surface area contributed by atoms with Crippen molar-refractivity contribution < 1.29 is 9.31 Å². The molecule has 0 unspecified atom stereocenters. The normalized spacial score (nSPS) is 24.8. The van der Waals surface area contributed by atoms with E-state index in [-0.39, 0.29) is 11.2 Å². The van der Waals surface area contributed by atoms with Gasteiger partial charge in [-0.2, -0.15) is 0 Å². The number of rotatable bonds is 2. The summed E-state index contributed by atoms with van der Waals surface area (Å²) in [7, 11) is -0.495. The zero-order valence-corrected chi connectivity index (χ0v) is 12.5. The highest BCUT2D eigenvalue weighted by atomic mass is 35.5. The number of aromatic nitrogens is 2. The summed E-state index contributed by atoms with van der Waals surface area (Å²) in [6, 6.07) is 0. The summed E-state index contributed by atoms with van der Waals surface area (Å²) < 4.78 is 11.9. The molecule has 0 atom stereocenters. The van der Waals surface area contributed by atoms with Crippen LogP contribution in [-0.4, -0.2) is 28.3 Å². The molecule has 0 radical (unpaired) electrons. The largest absolute Gasteiger partial charge is 0.499 e. The van der Waals surface area contributed by atoms with E-state index >= 15 is 0 Å². The Labute approximate surface area is 119 Å². The zero-order valence-electron chi connectivity index (χ0n) is 11.7. The second-order valence-electron chi connectivity index (χ2n) is 6.34. The third-order valence-electron chi connectivity index (χ3n) is 4.24. The third-order valence-corrected chi connectivity index (χ3v) is 4.54. The molecule has 4 nitrogen and oxygen atoms in total. The Balaban J connectivity index is 1.87. The van der Waals surface area contributed by atoms with Gasteiger partial charge in [-0.05, 0) is 40.5 Å². The monoisotopic (exact) mass is 280 g/mol. The molecule has 0 spiro atoms. The molecule has 1 aliphatic heterocycles. The van der Waals surface area contributed by atoms with Gasteiger partial charge in [-0.15, -0.1) is 0 Å². The first-order chi connectivity index (χ1) is 8.80. The molecule has 1 aromatic rings. The molecule has 6 heteroatoms. The summed E-state index contributed by atoms with van der Waals surface area (Å²) in [5.74, 6) is 1.33. The number of hydrogen-bond donors (Lipinski definition) is 0. The Bertz CT molecular complexity index is 501. The highest BCUT2D eigenvalue weighted by Gasteiger charge is 2.52. The molecule has 0 bridgehead atoms. The van der Waals surface area contributed by atoms with Crippen molar-refractivity contribution in [3.63, 3.8) is 0 Å². The average Bonchev–Trinajstić information content (AvgIpc) is 3.07. The maximum atomic E-state index is 6.26. The van der Waals surface area contributed by atoms with Crippen LogP contribution >= 0.6 is 11.6 Å². The van der Waals surface area contributed by atoms with Crippen molar-refractivity contribution in [3.05, 3.63) is 17.2 Å². The standard InChI is InChI=1S/C13H18BClN2O2/c1-12(2)13(3,4)19-14(18-12)9-7-16-11(8-5-6-8)17-10(9)15/h7-8H,5-6H2,1-4H3. The van der Waals surface area contributed by atoms with Crippen LogP contribution in [0.2, 0.25) is 5.15 Å².